The van der Waals surface area contributed by atoms with Crippen LogP contribution in [0.4, 0.5) is 0 Å². The summed E-state index contributed by atoms with van der Waals surface area (Å²) in [6, 6.07) is -0.366. The third kappa shape index (κ3) is 5.74. The maximum atomic E-state index is 11.7. The molecule has 0 aromatic rings. The lowest BCUT2D eigenvalue weighted by atomic mass is 10.0. The van der Waals surface area contributed by atoms with Gasteiger partial charge in [0.2, 0.25) is 5.91 Å². The molecule has 0 aliphatic rings. The van der Waals surface area contributed by atoms with E-state index in [0.717, 1.165) is 19.5 Å². The van der Waals surface area contributed by atoms with Gasteiger partial charge in [-0.15, -0.1) is 0 Å². The first kappa shape index (κ1) is 14.4. The number of nitrogens with two attached hydrogens (primary N) is 1. The monoisotopic (exact) mass is 215 g/mol. The van der Waals surface area contributed by atoms with Gasteiger partial charge in [-0.25, -0.2) is 0 Å². The van der Waals surface area contributed by atoms with Gasteiger partial charge >= 0.3 is 0 Å². The zero-order valence-corrected chi connectivity index (χ0v) is 10.7. The van der Waals surface area contributed by atoms with Gasteiger partial charge in [0.15, 0.2) is 0 Å². The van der Waals surface area contributed by atoms with Gasteiger partial charge in [0.1, 0.15) is 0 Å². The Labute approximate surface area is 93.4 Å². The molecule has 1 unspecified atom stereocenters. The molecule has 4 heteroatoms. The van der Waals surface area contributed by atoms with Crippen molar-refractivity contribution < 1.29 is 4.79 Å². The van der Waals surface area contributed by atoms with Gasteiger partial charge in [-0.1, -0.05) is 13.8 Å². The van der Waals surface area contributed by atoms with Gasteiger partial charge in [-0.05, 0) is 33.0 Å². The minimum absolute atomic E-state index is 0.0451. The summed E-state index contributed by atoms with van der Waals surface area (Å²) in [6.45, 7) is 5.71. The number of nitrogens with zero attached hydrogens (tertiary/aromatic N) is 2. The van der Waals surface area contributed by atoms with E-state index in [0.29, 0.717) is 0 Å². The molecule has 0 heterocycles. The summed E-state index contributed by atoms with van der Waals surface area (Å²) in [5, 5.41) is 0. The predicted octanol–water partition coefficient (Wildman–Crippen LogP) is 0.380. The Balaban J connectivity index is 3.89. The number of hydrogen-bond acceptors (Lipinski definition) is 3. The average Bonchev–Trinajstić information content (AvgIpc) is 2.14. The zero-order valence-electron chi connectivity index (χ0n) is 10.7. The van der Waals surface area contributed by atoms with Gasteiger partial charge < -0.3 is 15.5 Å². The van der Waals surface area contributed by atoms with E-state index in [9.17, 15) is 4.79 Å². The molecule has 0 bridgehead atoms. The molecule has 1 atom stereocenters. The van der Waals surface area contributed by atoms with Crippen LogP contribution in [0.2, 0.25) is 0 Å². The van der Waals surface area contributed by atoms with Crippen LogP contribution in [-0.4, -0.2) is 56.0 Å². The highest BCUT2D eigenvalue weighted by Gasteiger charge is 2.20. The van der Waals surface area contributed by atoms with Gasteiger partial charge in [0.05, 0.1) is 6.04 Å². The molecular weight excluding hydrogens is 190 g/mol. The summed E-state index contributed by atoms with van der Waals surface area (Å²) >= 11 is 0. The van der Waals surface area contributed by atoms with Crippen molar-refractivity contribution in [1.29, 1.82) is 0 Å². The van der Waals surface area contributed by atoms with Crippen molar-refractivity contribution in [1.82, 2.24) is 9.80 Å². The van der Waals surface area contributed by atoms with Crippen molar-refractivity contribution >= 4 is 5.91 Å². The third-order valence-electron chi connectivity index (χ3n) is 2.48. The molecule has 0 fully saturated rings. The second-order valence-electron chi connectivity index (χ2n) is 4.69. The van der Waals surface area contributed by atoms with Gasteiger partial charge in [0, 0.05) is 13.6 Å². The lowest BCUT2D eigenvalue weighted by Gasteiger charge is -2.23. The minimum Gasteiger partial charge on any atom is -0.344 e. The maximum Gasteiger partial charge on any atom is 0.239 e. The standard InChI is InChI=1S/C11H25N3O/c1-9(2)10(12)11(15)14(5)8-6-7-13(3)4/h9-10H,6-8,12H2,1-5H3. The molecule has 0 spiro atoms. The SMILES string of the molecule is CC(C)C(N)C(=O)N(C)CCCN(C)C. The molecule has 0 aromatic heterocycles. The topological polar surface area (TPSA) is 49.6 Å². The second-order valence-corrected chi connectivity index (χ2v) is 4.69. The van der Waals surface area contributed by atoms with Crippen LogP contribution in [0.3, 0.4) is 0 Å². The van der Waals surface area contributed by atoms with E-state index in [1.807, 2.05) is 35.0 Å². The largest absolute Gasteiger partial charge is 0.344 e. The van der Waals surface area contributed by atoms with Crippen LogP contribution in [0.25, 0.3) is 0 Å². The van der Waals surface area contributed by atoms with E-state index in [1.165, 1.54) is 0 Å². The first-order valence-electron chi connectivity index (χ1n) is 5.51. The first-order chi connectivity index (χ1) is 6.86. The summed E-state index contributed by atoms with van der Waals surface area (Å²) in [6.07, 6.45) is 0.986. The summed E-state index contributed by atoms with van der Waals surface area (Å²) in [5.74, 6) is 0.248. The second kappa shape index (κ2) is 6.80. The molecular formula is C11H25N3O. The van der Waals surface area contributed by atoms with E-state index in [4.69, 9.17) is 5.73 Å². The molecule has 4 nitrogen and oxygen atoms in total. The molecule has 0 aliphatic carbocycles. The molecule has 0 rings (SSSR count). The van der Waals surface area contributed by atoms with Crippen molar-refractivity contribution in [2.75, 3.05) is 34.2 Å². The smallest absolute Gasteiger partial charge is 0.239 e. The van der Waals surface area contributed by atoms with E-state index in [1.54, 1.807) is 4.90 Å². The molecule has 0 saturated carbocycles. The molecule has 0 aromatic carbocycles. The van der Waals surface area contributed by atoms with Gasteiger partial charge in [0.25, 0.3) is 0 Å². The highest BCUT2D eigenvalue weighted by molar-refractivity contribution is 5.81. The molecule has 2 N–H and O–H groups in total. The summed E-state index contributed by atoms with van der Waals surface area (Å²) in [4.78, 5) is 15.6. The van der Waals surface area contributed by atoms with Crippen molar-refractivity contribution in [3.8, 4) is 0 Å². The van der Waals surface area contributed by atoms with Crippen LogP contribution in [0.1, 0.15) is 20.3 Å². The van der Waals surface area contributed by atoms with Crippen molar-refractivity contribution in [2.45, 2.75) is 26.3 Å². The number of carbonyl (C=O) groups is 1. The molecule has 15 heavy (non-hydrogen) atoms. The Morgan fingerprint density at radius 3 is 2.13 bits per heavy atom. The number of carbonyl (C=O) groups excluding carboxylic acids is 1. The lowest BCUT2D eigenvalue weighted by molar-refractivity contribution is -0.132. The number of hydrogen-bond donors (Lipinski definition) is 1. The Bertz CT molecular complexity index is 192. The zero-order chi connectivity index (χ0) is 12.0. The van der Waals surface area contributed by atoms with Crippen LogP contribution < -0.4 is 5.73 Å². The van der Waals surface area contributed by atoms with Crippen LogP contribution in [0.15, 0.2) is 0 Å². The van der Waals surface area contributed by atoms with E-state index in [-0.39, 0.29) is 17.9 Å². The van der Waals surface area contributed by atoms with E-state index >= 15 is 0 Å². The van der Waals surface area contributed by atoms with Crippen molar-refractivity contribution in [3.63, 3.8) is 0 Å². The fourth-order valence-electron chi connectivity index (χ4n) is 1.27. The molecule has 90 valence electrons. The maximum absolute atomic E-state index is 11.7. The first-order valence-corrected chi connectivity index (χ1v) is 5.51. The fourth-order valence-corrected chi connectivity index (χ4v) is 1.27. The van der Waals surface area contributed by atoms with Crippen LogP contribution in [0.5, 0.6) is 0 Å². The average molecular weight is 215 g/mol. The fraction of sp³-hybridized carbons (Fsp3) is 0.909. The summed E-state index contributed by atoms with van der Waals surface area (Å²) in [5.41, 5.74) is 5.79. The lowest BCUT2D eigenvalue weighted by Crippen LogP contribution is -2.45. The van der Waals surface area contributed by atoms with Crippen LogP contribution in [0, 0.1) is 5.92 Å². The Kier molecular flexibility index (Phi) is 6.52. The third-order valence-corrected chi connectivity index (χ3v) is 2.48. The molecule has 0 aliphatic heterocycles. The number of rotatable bonds is 6. The van der Waals surface area contributed by atoms with Crippen LogP contribution >= 0.6 is 0 Å². The summed E-state index contributed by atoms with van der Waals surface area (Å²) < 4.78 is 0. The van der Waals surface area contributed by atoms with Crippen molar-refractivity contribution in [2.24, 2.45) is 11.7 Å². The minimum atomic E-state index is -0.366. The molecule has 0 saturated heterocycles. The van der Waals surface area contributed by atoms with Gasteiger partial charge in [-0.2, -0.15) is 0 Å². The molecule has 0 radical (unpaired) electrons. The Morgan fingerprint density at radius 2 is 1.73 bits per heavy atom. The number of amides is 1. The van der Waals surface area contributed by atoms with Crippen LogP contribution in [-0.2, 0) is 4.79 Å². The highest BCUT2D eigenvalue weighted by atomic mass is 16.2. The quantitative estimate of drug-likeness (QED) is 0.697. The highest BCUT2D eigenvalue weighted by Crippen LogP contribution is 2.02. The Hall–Kier alpha value is -0.610. The van der Waals surface area contributed by atoms with E-state index < -0.39 is 0 Å². The van der Waals surface area contributed by atoms with E-state index in [2.05, 4.69) is 4.90 Å². The predicted molar refractivity (Wildman–Crippen MR) is 63.6 cm³/mol. The van der Waals surface area contributed by atoms with Gasteiger partial charge in [-0.3, -0.25) is 4.79 Å². The summed E-state index contributed by atoms with van der Waals surface area (Å²) in [7, 11) is 5.88. The number of likely N-dealkylation sites (N-methyl/N-ethyl adjacent to an activating group) is 1. The normalized spacial score (nSPS) is 13.3. The molecule has 1 amide bonds. The van der Waals surface area contributed by atoms with Crippen molar-refractivity contribution in [3.05, 3.63) is 0 Å². The Morgan fingerprint density at radius 1 is 1.20 bits per heavy atom.